The molecule has 1 amide bonds. The van der Waals surface area contributed by atoms with Crippen LogP contribution >= 0.6 is 39.5 Å². The summed E-state index contributed by atoms with van der Waals surface area (Å²) in [5.41, 5.74) is 0.944. The first-order valence-electron chi connectivity index (χ1n) is 8.06. The van der Waals surface area contributed by atoms with Crippen molar-refractivity contribution >= 4 is 61.5 Å². The number of carboxylic acid groups (broad SMARTS) is 1. The van der Waals surface area contributed by atoms with Crippen LogP contribution in [0.25, 0.3) is 0 Å². The molecular formula is C18H17BrN2O4S2. The molecule has 0 saturated heterocycles. The van der Waals surface area contributed by atoms with E-state index in [4.69, 9.17) is 17.0 Å². The van der Waals surface area contributed by atoms with E-state index in [-0.39, 0.29) is 16.6 Å². The highest BCUT2D eigenvalue weighted by Crippen LogP contribution is 2.40. The Kier molecular flexibility index (Phi) is 5.66. The molecule has 6 nitrogen and oxygen atoms in total. The molecule has 0 aliphatic carbocycles. The van der Waals surface area contributed by atoms with E-state index < -0.39 is 11.6 Å². The minimum atomic E-state index is -1.03. The third-order valence-corrected chi connectivity index (χ3v) is 6.09. The zero-order valence-corrected chi connectivity index (χ0v) is 17.8. The van der Waals surface area contributed by atoms with Gasteiger partial charge in [-0.2, -0.15) is 0 Å². The molecule has 1 aromatic heterocycles. The lowest BCUT2D eigenvalue weighted by atomic mass is 9.93. The number of amides is 1. The fourth-order valence-electron chi connectivity index (χ4n) is 2.82. The number of carboxylic acids is 1. The number of ether oxygens (including phenoxy) is 1. The summed E-state index contributed by atoms with van der Waals surface area (Å²) in [6, 6.07) is 6.96. The fraction of sp³-hybridized carbons (Fsp3) is 0.278. The number of anilines is 1. The zero-order valence-electron chi connectivity index (χ0n) is 14.6. The quantitative estimate of drug-likeness (QED) is 0.585. The Labute approximate surface area is 174 Å². The Morgan fingerprint density at radius 3 is 2.70 bits per heavy atom. The molecule has 0 radical (unpaired) electrons. The number of aromatic carboxylic acids is 1. The first-order valence-corrected chi connectivity index (χ1v) is 10.1. The second-order valence-electron chi connectivity index (χ2n) is 6.63. The standard InChI is InChI=1S/C18H17BrN2O4S2/c1-18(2)7-10-12(8-25-18)27-15(13(10)16(23)24)21-17(26)20-14(22)9-5-3-4-6-11(9)19/h3-6H,7-8H2,1-2H3,(H,23,24)(H2,20,21,22,26). The van der Waals surface area contributed by atoms with Crippen molar-refractivity contribution in [1.82, 2.24) is 5.32 Å². The van der Waals surface area contributed by atoms with Crippen LogP contribution in [0, 0.1) is 0 Å². The highest BCUT2D eigenvalue weighted by atomic mass is 79.9. The van der Waals surface area contributed by atoms with Crippen LogP contribution in [0.15, 0.2) is 28.7 Å². The van der Waals surface area contributed by atoms with Crippen molar-refractivity contribution in [3.05, 3.63) is 50.3 Å². The normalized spacial score (nSPS) is 14.9. The number of carbonyl (C=O) groups is 2. The van der Waals surface area contributed by atoms with Crippen LogP contribution in [0.5, 0.6) is 0 Å². The van der Waals surface area contributed by atoms with Crippen LogP contribution in [0.1, 0.15) is 45.0 Å². The Morgan fingerprint density at radius 1 is 1.33 bits per heavy atom. The molecule has 0 fully saturated rings. The smallest absolute Gasteiger partial charge is 0.339 e. The van der Waals surface area contributed by atoms with Gasteiger partial charge in [0.05, 0.1) is 23.3 Å². The molecule has 0 bridgehead atoms. The van der Waals surface area contributed by atoms with Gasteiger partial charge in [-0.3, -0.25) is 10.1 Å². The number of nitrogens with one attached hydrogen (secondary N) is 2. The average molecular weight is 469 g/mol. The monoisotopic (exact) mass is 468 g/mol. The Bertz CT molecular complexity index is 939. The molecule has 0 unspecified atom stereocenters. The molecule has 0 saturated carbocycles. The maximum Gasteiger partial charge on any atom is 0.339 e. The molecule has 0 spiro atoms. The predicted molar refractivity (Wildman–Crippen MR) is 112 cm³/mol. The van der Waals surface area contributed by atoms with E-state index in [1.165, 1.54) is 11.3 Å². The number of fused-ring (bicyclic) bond motifs is 1. The number of carbonyl (C=O) groups excluding carboxylic acids is 1. The van der Waals surface area contributed by atoms with E-state index in [1.54, 1.807) is 24.3 Å². The van der Waals surface area contributed by atoms with Gasteiger partial charge in [0.1, 0.15) is 5.00 Å². The number of hydrogen-bond donors (Lipinski definition) is 3. The van der Waals surface area contributed by atoms with Gasteiger partial charge >= 0.3 is 5.97 Å². The summed E-state index contributed by atoms with van der Waals surface area (Å²) in [5, 5.41) is 15.6. The van der Waals surface area contributed by atoms with Crippen LogP contribution in [0.2, 0.25) is 0 Å². The summed E-state index contributed by atoms with van der Waals surface area (Å²) >= 11 is 9.81. The summed E-state index contributed by atoms with van der Waals surface area (Å²) in [6.45, 7) is 4.20. The first kappa shape index (κ1) is 19.9. The molecule has 142 valence electrons. The molecule has 27 heavy (non-hydrogen) atoms. The fourth-order valence-corrected chi connectivity index (χ4v) is 4.67. The minimum Gasteiger partial charge on any atom is -0.478 e. The third kappa shape index (κ3) is 4.37. The number of rotatable bonds is 3. The van der Waals surface area contributed by atoms with Crippen molar-refractivity contribution in [3.63, 3.8) is 0 Å². The number of thiocarbonyl (C=S) groups is 1. The summed E-state index contributed by atoms with van der Waals surface area (Å²) in [5.74, 6) is -1.42. The van der Waals surface area contributed by atoms with Gasteiger partial charge in [0.25, 0.3) is 5.91 Å². The van der Waals surface area contributed by atoms with Gasteiger partial charge in [0, 0.05) is 15.8 Å². The molecule has 9 heteroatoms. The van der Waals surface area contributed by atoms with Crippen molar-refractivity contribution in [2.75, 3.05) is 5.32 Å². The van der Waals surface area contributed by atoms with Crippen molar-refractivity contribution in [3.8, 4) is 0 Å². The SMILES string of the molecule is CC1(C)Cc2c(sc(NC(=S)NC(=O)c3ccccc3Br)c2C(=O)O)CO1. The molecule has 1 aliphatic heterocycles. The van der Waals surface area contributed by atoms with Gasteiger partial charge in [-0.1, -0.05) is 12.1 Å². The van der Waals surface area contributed by atoms with E-state index in [0.29, 0.717) is 28.1 Å². The van der Waals surface area contributed by atoms with Crippen molar-refractivity contribution in [1.29, 1.82) is 0 Å². The van der Waals surface area contributed by atoms with Crippen LogP contribution in [-0.2, 0) is 17.8 Å². The zero-order chi connectivity index (χ0) is 19.8. The van der Waals surface area contributed by atoms with Gasteiger partial charge < -0.3 is 15.2 Å². The molecule has 3 rings (SSSR count). The lowest BCUT2D eigenvalue weighted by Crippen LogP contribution is -2.34. The van der Waals surface area contributed by atoms with Crippen LogP contribution in [0.3, 0.4) is 0 Å². The van der Waals surface area contributed by atoms with E-state index in [0.717, 1.165) is 10.4 Å². The predicted octanol–water partition coefficient (Wildman–Crippen LogP) is 4.19. The first-order chi connectivity index (χ1) is 12.7. The summed E-state index contributed by atoms with van der Waals surface area (Å²) < 4.78 is 6.40. The van der Waals surface area contributed by atoms with Crippen molar-refractivity contribution in [2.24, 2.45) is 0 Å². The number of halogens is 1. The highest BCUT2D eigenvalue weighted by molar-refractivity contribution is 9.10. The Morgan fingerprint density at radius 2 is 2.04 bits per heavy atom. The van der Waals surface area contributed by atoms with Gasteiger partial charge in [-0.25, -0.2) is 4.79 Å². The van der Waals surface area contributed by atoms with E-state index in [1.807, 2.05) is 13.8 Å². The maximum absolute atomic E-state index is 12.4. The van der Waals surface area contributed by atoms with Gasteiger partial charge in [0.2, 0.25) is 0 Å². The topological polar surface area (TPSA) is 87.7 Å². The lowest BCUT2D eigenvalue weighted by Gasteiger charge is -2.30. The molecule has 0 atom stereocenters. The summed E-state index contributed by atoms with van der Waals surface area (Å²) in [7, 11) is 0. The van der Waals surface area contributed by atoms with Crippen LogP contribution in [-0.4, -0.2) is 27.7 Å². The van der Waals surface area contributed by atoms with Crippen molar-refractivity contribution in [2.45, 2.75) is 32.5 Å². The number of thiophene rings is 1. The Hall–Kier alpha value is -1.81. The van der Waals surface area contributed by atoms with Gasteiger partial charge in [0.15, 0.2) is 5.11 Å². The van der Waals surface area contributed by atoms with Crippen LogP contribution < -0.4 is 10.6 Å². The maximum atomic E-state index is 12.4. The number of benzene rings is 1. The van der Waals surface area contributed by atoms with Crippen LogP contribution in [0.4, 0.5) is 5.00 Å². The molecule has 2 heterocycles. The van der Waals surface area contributed by atoms with Crippen molar-refractivity contribution < 1.29 is 19.4 Å². The largest absolute Gasteiger partial charge is 0.478 e. The second kappa shape index (κ2) is 7.67. The summed E-state index contributed by atoms with van der Waals surface area (Å²) in [4.78, 5) is 25.0. The molecular weight excluding hydrogens is 452 g/mol. The molecule has 1 aromatic carbocycles. The highest BCUT2D eigenvalue weighted by Gasteiger charge is 2.33. The second-order valence-corrected chi connectivity index (χ2v) is 8.99. The van der Waals surface area contributed by atoms with E-state index in [9.17, 15) is 14.7 Å². The third-order valence-electron chi connectivity index (χ3n) is 4.07. The molecule has 3 N–H and O–H groups in total. The Balaban J connectivity index is 1.81. The van der Waals surface area contributed by atoms with E-state index in [2.05, 4.69) is 26.6 Å². The molecule has 1 aliphatic rings. The summed E-state index contributed by atoms with van der Waals surface area (Å²) in [6.07, 6.45) is 0.498. The van der Waals surface area contributed by atoms with E-state index >= 15 is 0 Å². The van der Waals surface area contributed by atoms with Gasteiger partial charge in [-0.05, 0) is 59.7 Å². The van der Waals surface area contributed by atoms with Gasteiger partial charge in [-0.15, -0.1) is 11.3 Å². The lowest BCUT2D eigenvalue weighted by molar-refractivity contribution is -0.0384. The molecule has 2 aromatic rings. The minimum absolute atomic E-state index is 0.0389. The number of hydrogen-bond acceptors (Lipinski definition) is 5. The average Bonchev–Trinajstić information content (AvgIpc) is 2.90.